The third kappa shape index (κ3) is 2.89. The van der Waals surface area contributed by atoms with Crippen molar-refractivity contribution in [2.24, 2.45) is 5.73 Å². The minimum atomic E-state index is 0.148. The van der Waals surface area contributed by atoms with Gasteiger partial charge in [0.15, 0.2) is 0 Å². The van der Waals surface area contributed by atoms with Crippen LogP contribution in [0.4, 0.5) is 0 Å². The Hall–Kier alpha value is -0.120. The first-order chi connectivity index (χ1) is 8.75. The van der Waals surface area contributed by atoms with E-state index in [2.05, 4.69) is 9.80 Å². The quantitative estimate of drug-likeness (QED) is 0.830. The monoisotopic (exact) mass is 251 g/mol. The number of rotatable bonds is 3. The molecule has 2 aliphatic carbocycles. The Balaban J connectivity index is 1.45. The summed E-state index contributed by atoms with van der Waals surface area (Å²) in [5.74, 6) is 0. The van der Waals surface area contributed by atoms with E-state index in [9.17, 15) is 0 Å². The van der Waals surface area contributed by atoms with E-state index in [1.807, 2.05) is 0 Å². The second-order valence-corrected chi connectivity index (χ2v) is 6.82. The summed E-state index contributed by atoms with van der Waals surface area (Å²) in [4.78, 5) is 5.36. The van der Waals surface area contributed by atoms with Crippen LogP contribution in [0, 0.1) is 0 Å². The summed E-state index contributed by atoms with van der Waals surface area (Å²) in [6.07, 6.45) is 11.0. The Morgan fingerprint density at radius 3 is 2.11 bits per heavy atom. The van der Waals surface area contributed by atoms with Crippen LogP contribution in [0.5, 0.6) is 0 Å². The molecule has 0 aromatic rings. The molecule has 3 heteroatoms. The zero-order valence-corrected chi connectivity index (χ0v) is 11.7. The Morgan fingerprint density at radius 2 is 1.50 bits per heavy atom. The maximum absolute atomic E-state index is 6.49. The molecule has 18 heavy (non-hydrogen) atoms. The van der Waals surface area contributed by atoms with E-state index in [4.69, 9.17) is 5.73 Å². The lowest BCUT2D eigenvalue weighted by Gasteiger charge is -2.41. The summed E-state index contributed by atoms with van der Waals surface area (Å²) in [6.45, 7) is 6.19. The van der Waals surface area contributed by atoms with Gasteiger partial charge in [0.05, 0.1) is 0 Å². The first-order valence-electron chi connectivity index (χ1n) is 8.01. The molecule has 3 nitrogen and oxygen atoms in total. The van der Waals surface area contributed by atoms with Gasteiger partial charge in [-0.2, -0.15) is 0 Å². The normalized spacial score (nSPS) is 31.2. The molecule has 0 aromatic carbocycles. The summed E-state index contributed by atoms with van der Waals surface area (Å²) >= 11 is 0. The molecule has 2 N–H and O–H groups in total. The molecule has 1 aliphatic heterocycles. The van der Waals surface area contributed by atoms with Crippen molar-refractivity contribution in [3.05, 3.63) is 0 Å². The zero-order chi connectivity index (χ0) is 12.4. The molecule has 0 amide bonds. The van der Waals surface area contributed by atoms with Gasteiger partial charge in [0.25, 0.3) is 0 Å². The van der Waals surface area contributed by atoms with Crippen molar-refractivity contribution in [2.75, 3.05) is 32.7 Å². The van der Waals surface area contributed by atoms with Gasteiger partial charge in [0.2, 0.25) is 0 Å². The van der Waals surface area contributed by atoms with Gasteiger partial charge in [-0.3, -0.25) is 9.80 Å². The molecule has 3 rings (SSSR count). The molecule has 0 aromatic heterocycles. The fraction of sp³-hybridized carbons (Fsp3) is 1.00. The number of nitrogens with zero attached hydrogens (tertiary/aromatic N) is 2. The van der Waals surface area contributed by atoms with E-state index in [0.717, 1.165) is 12.6 Å². The minimum Gasteiger partial charge on any atom is -0.324 e. The highest BCUT2D eigenvalue weighted by atomic mass is 15.3. The van der Waals surface area contributed by atoms with Crippen LogP contribution >= 0.6 is 0 Å². The molecule has 0 atom stereocenters. The topological polar surface area (TPSA) is 32.5 Å². The standard InChI is InChI=1S/C15H29N3/c16-15(7-3-4-8-15)13-17-9-11-18(12-10-17)14-5-1-2-6-14/h14H,1-13,16H2. The fourth-order valence-corrected chi connectivity index (χ4v) is 4.24. The molecule has 0 bridgehead atoms. The van der Waals surface area contributed by atoms with Crippen molar-refractivity contribution in [1.29, 1.82) is 0 Å². The lowest BCUT2D eigenvalue weighted by Crippen LogP contribution is -2.55. The Labute approximate surface area is 112 Å². The Morgan fingerprint density at radius 1 is 0.889 bits per heavy atom. The molecular weight excluding hydrogens is 222 g/mol. The molecule has 0 spiro atoms. The zero-order valence-electron chi connectivity index (χ0n) is 11.7. The van der Waals surface area contributed by atoms with Crippen molar-refractivity contribution in [3.8, 4) is 0 Å². The van der Waals surface area contributed by atoms with Gasteiger partial charge in [0.1, 0.15) is 0 Å². The van der Waals surface area contributed by atoms with Gasteiger partial charge in [0, 0.05) is 44.3 Å². The first-order valence-corrected chi connectivity index (χ1v) is 8.01. The van der Waals surface area contributed by atoms with Crippen molar-refractivity contribution in [2.45, 2.75) is 62.9 Å². The molecule has 2 saturated carbocycles. The predicted molar refractivity (Wildman–Crippen MR) is 75.7 cm³/mol. The number of hydrogen-bond donors (Lipinski definition) is 1. The van der Waals surface area contributed by atoms with Crippen LogP contribution in [0.2, 0.25) is 0 Å². The molecular formula is C15H29N3. The number of hydrogen-bond acceptors (Lipinski definition) is 3. The van der Waals surface area contributed by atoms with Crippen LogP contribution in [-0.4, -0.2) is 54.1 Å². The molecule has 3 fully saturated rings. The van der Waals surface area contributed by atoms with Crippen LogP contribution in [-0.2, 0) is 0 Å². The van der Waals surface area contributed by atoms with Crippen molar-refractivity contribution < 1.29 is 0 Å². The van der Waals surface area contributed by atoms with E-state index >= 15 is 0 Å². The Kier molecular flexibility index (Phi) is 3.92. The van der Waals surface area contributed by atoms with E-state index in [0.29, 0.717) is 0 Å². The highest BCUT2D eigenvalue weighted by molar-refractivity contribution is 4.93. The highest BCUT2D eigenvalue weighted by Gasteiger charge is 2.33. The molecule has 0 radical (unpaired) electrons. The van der Waals surface area contributed by atoms with E-state index < -0.39 is 0 Å². The highest BCUT2D eigenvalue weighted by Crippen LogP contribution is 2.29. The fourth-order valence-electron chi connectivity index (χ4n) is 4.24. The van der Waals surface area contributed by atoms with Crippen molar-refractivity contribution in [1.82, 2.24) is 9.80 Å². The lowest BCUT2D eigenvalue weighted by molar-refractivity contribution is 0.0830. The first kappa shape index (κ1) is 12.9. The van der Waals surface area contributed by atoms with Gasteiger partial charge in [-0.1, -0.05) is 25.7 Å². The maximum atomic E-state index is 6.49. The molecule has 1 heterocycles. The van der Waals surface area contributed by atoms with Crippen LogP contribution < -0.4 is 5.73 Å². The molecule has 104 valence electrons. The SMILES string of the molecule is NC1(CN2CCN(C3CCCC3)CC2)CCCC1. The second kappa shape index (κ2) is 5.48. The number of nitrogens with two attached hydrogens (primary N) is 1. The van der Waals surface area contributed by atoms with Gasteiger partial charge >= 0.3 is 0 Å². The van der Waals surface area contributed by atoms with Crippen LogP contribution in [0.1, 0.15) is 51.4 Å². The van der Waals surface area contributed by atoms with Gasteiger partial charge in [-0.05, 0) is 25.7 Å². The van der Waals surface area contributed by atoms with Crippen LogP contribution in [0.25, 0.3) is 0 Å². The smallest absolute Gasteiger partial charge is 0.0283 e. The van der Waals surface area contributed by atoms with Gasteiger partial charge in [-0.15, -0.1) is 0 Å². The summed E-state index contributed by atoms with van der Waals surface area (Å²) in [7, 11) is 0. The Bertz CT molecular complexity index is 259. The van der Waals surface area contributed by atoms with E-state index in [1.54, 1.807) is 0 Å². The summed E-state index contributed by atoms with van der Waals surface area (Å²) in [5, 5.41) is 0. The summed E-state index contributed by atoms with van der Waals surface area (Å²) in [5.41, 5.74) is 6.64. The maximum Gasteiger partial charge on any atom is 0.0283 e. The van der Waals surface area contributed by atoms with Crippen LogP contribution in [0.15, 0.2) is 0 Å². The predicted octanol–water partition coefficient (Wildman–Crippen LogP) is 1.82. The second-order valence-electron chi connectivity index (χ2n) is 6.82. The van der Waals surface area contributed by atoms with E-state index in [-0.39, 0.29) is 5.54 Å². The third-order valence-electron chi connectivity index (χ3n) is 5.39. The summed E-state index contributed by atoms with van der Waals surface area (Å²) in [6, 6.07) is 0.908. The summed E-state index contributed by atoms with van der Waals surface area (Å²) < 4.78 is 0. The average Bonchev–Trinajstić information content (AvgIpc) is 3.02. The van der Waals surface area contributed by atoms with Crippen LogP contribution in [0.3, 0.4) is 0 Å². The molecule has 3 aliphatic rings. The third-order valence-corrected chi connectivity index (χ3v) is 5.39. The average molecular weight is 251 g/mol. The largest absolute Gasteiger partial charge is 0.324 e. The lowest BCUT2D eigenvalue weighted by atomic mass is 9.98. The number of piperazine rings is 1. The van der Waals surface area contributed by atoms with Gasteiger partial charge < -0.3 is 5.73 Å². The van der Waals surface area contributed by atoms with Crippen molar-refractivity contribution >= 4 is 0 Å². The van der Waals surface area contributed by atoms with E-state index in [1.165, 1.54) is 77.5 Å². The van der Waals surface area contributed by atoms with Gasteiger partial charge in [-0.25, -0.2) is 0 Å². The minimum absolute atomic E-state index is 0.148. The van der Waals surface area contributed by atoms with Crippen molar-refractivity contribution in [3.63, 3.8) is 0 Å². The molecule has 1 saturated heterocycles. The molecule has 0 unspecified atom stereocenters.